The lowest BCUT2D eigenvalue weighted by Gasteiger charge is -2.17. The number of hydrogen-bond acceptors (Lipinski definition) is 2. The lowest BCUT2D eigenvalue weighted by atomic mass is 9.86. The van der Waals surface area contributed by atoms with E-state index < -0.39 is 11.4 Å². The lowest BCUT2D eigenvalue weighted by molar-refractivity contribution is -0.148. The maximum Gasteiger partial charge on any atom is 0.309 e. The minimum absolute atomic E-state index is 0.0268. The van der Waals surface area contributed by atoms with E-state index in [-0.39, 0.29) is 11.8 Å². The Morgan fingerprint density at radius 2 is 2.27 bits per heavy atom. The van der Waals surface area contributed by atoms with Gasteiger partial charge in [-0.2, -0.15) is 5.26 Å². The molecular weight excluding hydrogens is 142 g/mol. The second-order valence-electron chi connectivity index (χ2n) is 3.60. The Bertz CT molecular complexity index is 227. The van der Waals surface area contributed by atoms with Crippen molar-refractivity contribution >= 4 is 5.97 Å². The van der Waals surface area contributed by atoms with Gasteiger partial charge < -0.3 is 5.11 Å². The molecule has 3 heteroatoms. The molecule has 0 spiro atoms. The van der Waals surface area contributed by atoms with Crippen molar-refractivity contribution in [1.82, 2.24) is 0 Å². The Morgan fingerprint density at radius 3 is 2.55 bits per heavy atom. The fourth-order valence-electron chi connectivity index (χ4n) is 1.29. The van der Waals surface area contributed by atoms with E-state index in [1.54, 1.807) is 13.8 Å². The standard InChI is InChI=1S/C8H11NO2/c1-8(2,7(10)11)6-3-5(6)4-9/h5-6H,3H2,1-2H3,(H,10,11). The van der Waals surface area contributed by atoms with Crippen molar-refractivity contribution in [3.05, 3.63) is 0 Å². The van der Waals surface area contributed by atoms with Gasteiger partial charge in [0.1, 0.15) is 0 Å². The lowest BCUT2D eigenvalue weighted by Crippen LogP contribution is -2.26. The number of aliphatic carboxylic acids is 1. The largest absolute Gasteiger partial charge is 0.481 e. The van der Waals surface area contributed by atoms with Gasteiger partial charge in [0.05, 0.1) is 17.4 Å². The zero-order chi connectivity index (χ0) is 8.65. The molecule has 1 rings (SSSR count). The van der Waals surface area contributed by atoms with E-state index in [0.29, 0.717) is 0 Å². The molecule has 0 amide bonds. The van der Waals surface area contributed by atoms with E-state index >= 15 is 0 Å². The van der Waals surface area contributed by atoms with Crippen LogP contribution < -0.4 is 0 Å². The Kier molecular flexibility index (Phi) is 1.63. The molecule has 0 aromatic rings. The van der Waals surface area contributed by atoms with Crippen LogP contribution in [0.15, 0.2) is 0 Å². The molecule has 1 aliphatic carbocycles. The molecule has 1 fully saturated rings. The monoisotopic (exact) mass is 153 g/mol. The topological polar surface area (TPSA) is 61.1 Å². The molecule has 0 radical (unpaired) electrons. The third kappa shape index (κ3) is 1.21. The minimum atomic E-state index is -0.805. The van der Waals surface area contributed by atoms with Crippen molar-refractivity contribution in [3.8, 4) is 6.07 Å². The summed E-state index contributed by atoms with van der Waals surface area (Å²) in [4.78, 5) is 10.7. The summed E-state index contributed by atoms with van der Waals surface area (Å²) in [6, 6.07) is 2.09. The zero-order valence-electron chi connectivity index (χ0n) is 6.66. The molecule has 60 valence electrons. The van der Waals surface area contributed by atoms with Gasteiger partial charge in [-0.1, -0.05) is 0 Å². The zero-order valence-corrected chi connectivity index (χ0v) is 6.66. The first-order valence-corrected chi connectivity index (χ1v) is 3.63. The van der Waals surface area contributed by atoms with Crippen molar-refractivity contribution in [2.75, 3.05) is 0 Å². The van der Waals surface area contributed by atoms with Crippen LogP contribution in [0.5, 0.6) is 0 Å². The highest BCUT2D eigenvalue weighted by atomic mass is 16.4. The van der Waals surface area contributed by atoms with Crippen LogP contribution >= 0.6 is 0 Å². The van der Waals surface area contributed by atoms with Crippen molar-refractivity contribution < 1.29 is 9.90 Å². The van der Waals surface area contributed by atoms with Crippen LogP contribution in [0.2, 0.25) is 0 Å². The van der Waals surface area contributed by atoms with E-state index in [0.717, 1.165) is 6.42 Å². The molecule has 1 saturated carbocycles. The van der Waals surface area contributed by atoms with Gasteiger partial charge in [0.15, 0.2) is 0 Å². The van der Waals surface area contributed by atoms with Gasteiger partial charge >= 0.3 is 5.97 Å². The SMILES string of the molecule is CC(C)(C(=O)O)C1CC1C#N. The molecule has 11 heavy (non-hydrogen) atoms. The number of hydrogen-bond donors (Lipinski definition) is 1. The Balaban J connectivity index is 2.64. The van der Waals surface area contributed by atoms with Crippen molar-refractivity contribution in [3.63, 3.8) is 0 Å². The molecule has 0 saturated heterocycles. The van der Waals surface area contributed by atoms with E-state index in [2.05, 4.69) is 6.07 Å². The number of nitrogens with zero attached hydrogens (tertiary/aromatic N) is 1. The van der Waals surface area contributed by atoms with Crippen LogP contribution in [0.3, 0.4) is 0 Å². The molecule has 1 aliphatic rings. The second kappa shape index (κ2) is 2.23. The Morgan fingerprint density at radius 1 is 1.73 bits per heavy atom. The van der Waals surface area contributed by atoms with Crippen LogP contribution in [-0.2, 0) is 4.79 Å². The predicted molar refractivity (Wildman–Crippen MR) is 38.6 cm³/mol. The summed E-state index contributed by atoms with van der Waals surface area (Å²) >= 11 is 0. The first kappa shape index (κ1) is 8.06. The predicted octanol–water partition coefficient (Wildman–Crippen LogP) is 1.26. The van der Waals surface area contributed by atoms with Crippen molar-refractivity contribution in [2.24, 2.45) is 17.3 Å². The smallest absolute Gasteiger partial charge is 0.309 e. The molecule has 1 N–H and O–H groups in total. The highest BCUT2D eigenvalue weighted by molar-refractivity contribution is 5.74. The average molecular weight is 153 g/mol. The molecule has 2 unspecified atom stereocenters. The van der Waals surface area contributed by atoms with Gasteiger partial charge in [-0.05, 0) is 26.2 Å². The maximum absolute atomic E-state index is 10.7. The van der Waals surface area contributed by atoms with Crippen molar-refractivity contribution in [2.45, 2.75) is 20.3 Å². The average Bonchev–Trinajstić information content (AvgIpc) is 2.65. The third-order valence-corrected chi connectivity index (χ3v) is 2.43. The van der Waals surface area contributed by atoms with Crippen LogP contribution in [0.25, 0.3) is 0 Å². The first-order chi connectivity index (χ1) is 5.00. The summed E-state index contributed by atoms with van der Waals surface area (Å²) in [6.07, 6.45) is 0.746. The maximum atomic E-state index is 10.7. The number of carbonyl (C=O) groups is 1. The van der Waals surface area contributed by atoms with Crippen LogP contribution in [0.1, 0.15) is 20.3 Å². The second-order valence-corrected chi connectivity index (χ2v) is 3.60. The third-order valence-electron chi connectivity index (χ3n) is 2.43. The van der Waals surface area contributed by atoms with Gasteiger partial charge in [0, 0.05) is 0 Å². The van der Waals surface area contributed by atoms with E-state index in [1.165, 1.54) is 0 Å². The number of carboxylic acids is 1. The van der Waals surface area contributed by atoms with Gasteiger partial charge in [-0.15, -0.1) is 0 Å². The van der Waals surface area contributed by atoms with Gasteiger partial charge in [-0.3, -0.25) is 4.79 Å². The molecule has 2 atom stereocenters. The first-order valence-electron chi connectivity index (χ1n) is 3.63. The van der Waals surface area contributed by atoms with Gasteiger partial charge in [-0.25, -0.2) is 0 Å². The van der Waals surface area contributed by atoms with E-state index in [9.17, 15) is 4.79 Å². The van der Waals surface area contributed by atoms with Gasteiger partial charge in [0.25, 0.3) is 0 Å². The summed E-state index contributed by atoms with van der Waals surface area (Å²) in [5.41, 5.74) is -0.722. The summed E-state index contributed by atoms with van der Waals surface area (Å²) in [5, 5.41) is 17.2. The normalized spacial score (nSPS) is 29.2. The highest BCUT2D eigenvalue weighted by Gasteiger charge is 2.51. The quantitative estimate of drug-likeness (QED) is 0.649. The van der Waals surface area contributed by atoms with Crippen LogP contribution in [-0.4, -0.2) is 11.1 Å². The minimum Gasteiger partial charge on any atom is -0.481 e. The van der Waals surface area contributed by atoms with Crippen LogP contribution in [0.4, 0.5) is 0 Å². The Hall–Kier alpha value is -1.04. The molecule has 3 nitrogen and oxygen atoms in total. The summed E-state index contributed by atoms with van der Waals surface area (Å²) in [6.45, 7) is 3.36. The summed E-state index contributed by atoms with van der Waals surface area (Å²) in [7, 11) is 0. The number of nitriles is 1. The summed E-state index contributed by atoms with van der Waals surface area (Å²) < 4.78 is 0. The summed E-state index contributed by atoms with van der Waals surface area (Å²) in [5.74, 6) is -0.772. The Labute approximate surface area is 65.6 Å². The fraction of sp³-hybridized carbons (Fsp3) is 0.750. The highest BCUT2D eigenvalue weighted by Crippen LogP contribution is 2.50. The van der Waals surface area contributed by atoms with E-state index in [1.807, 2.05) is 0 Å². The van der Waals surface area contributed by atoms with Gasteiger partial charge in [0.2, 0.25) is 0 Å². The molecule has 0 aliphatic heterocycles. The number of rotatable bonds is 2. The fourth-order valence-corrected chi connectivity index (χ4v) is 1.29. The van der Waals surface area contributed by atoms with E-state index in [4.69, 9.17) is 10.4 Å². The number of carboxylic acid groups (broad SMARTS) is 1. The van der Waals surface area contributed by atoms with Crippen LogP contribution in [0, 0.1) is 28.6 Å². The molecule has 0 heterocycles. The molecule has 0 aromatic carbocycles. The molecule has 0 aromatic heterocycles. The van der Waals surface area contributed by atoms with Crippen molar-refractivity contribution in [1.29, 1.82) is 5.26 Å². The molecule has 0 bridgehead atoms. The molecular formula is C8H11NO2.